The van der Waals surface area contributed by atoms with Gasteiger partial charge in [0.05, 0.1) is 7.11 Å². The molecule has 1 unspecified atom stereocenters. The first-order valence-electron chi connectivity index (χ1n) is 10.5. The van der Waals surface area contributed by atoms with Gasteiger partial charge in [-0.05, 0) is 48.7 Å². The first-order chi connectivity index (χ1) is 15.9. The molecular formula is C25H24FN3O4. The zero-order valence-corrected chi connectivity index (χ0v) is 18.6. The highest BCUT2D eigenvalue weighted by molar-refractivity contribution is 5.83. The summed E-state index contributed by atoms with van der Waals surface area (Å²) in [5.41, 5.74) is 1.75. The van der Waals surface area contributed by atoms with Crippen LogP contribution in [0.25, 0.3) is 11.0 Å². The second-order valence-corrected chi connectivity index (χ2v) is 7.81. The van der Waals surface area contributed by atoms with Crippen molar-refractivity contribution in [1.82, 2.24) is 14.9 Å². The number of nitrogens with one attached hydrogen (secondary N) is 1. The summed E-state index contributed by atoms with van der Waals surface area (Å²) in [5.74, 6) is 0.474. The van der Waals surface area contributed by atoms with Crippen LogP contribution in [0.3, 0.4) is 0 Å². The Hall–Kier alpha value is -3.94. The summed E-state index contributed by atoms with van der Waals surface area (Å²) in [5, 5.41) is 3.72. The van der Waals surface area contributed by atoms with Crippen LogP contribution < -0.4 is 15.7 Å². The SMILES string of the molecule is COc1ccc2c(C)c(CCC(=O)NC(c3cccc(F)c3)c3nccn3C)c(=O)oc2c1. The third kappa shape index (κ3) is 4.64. The Morgan fingerprint density at radius 1 is 1.27 bits per heavy atom. The van der Waals surface area contributed by atoms with E-state index in [2.05, 4.69) is 10.3 Å². The standard InChI is InChI=1S/C25H24FN3O4/c1-15-19-8-7-18(32-3)14-21(19)33-25(31)20(15)9-10-22(30)28-23(24-27-11-12-29(24)2)16-5-4-6-17(26)13-16/h4-8,11-14,23H,9-10H2,1-3H3,(H,28,30). The van der Waals surface area contributed by atoms with E-state index in [0.717, 1.165) is 10.9 Å². The molecule has 1 amide bonds. The van der Waals surface area contributed by atoms with E-state index < -0.39 is 17.5 Å². The number of rotatable bonds is 7. The smallest absolute Gasteiger partial charge is 0.339 e. The molecule has 2 heterocycles. The number of amides is 1. The molecule has 0 radical (unpaired) electrons. The van der Waals surface area contributed by atoms with Crippen molar-refractivity contribution < 1.29 is 18.3 Å². The third-order valence-corrected chi connectivity index (χ3v) is 5.70. The van der Waals surface area contributed by atoms with Crippen LogP contribution in [0, 0.1) is 12.7 Å². The number of ether oxygens (including phenoxy) is 1. The minimum Gasteiger partial charge on any atom is -0.497 e. The number of carbonyl (C=O) groups excluding carboxylic acids is 1. The van der Waals surface area contributed by atoms with E-state index in [1.165, 1.54) is 12.1 Å². The third-order valence-electron chi connectivity index (χ3n) is 5.70. The van der Waals surface area contributed by atoms with Gasteiger partial charge in [0.1, 0.15) is 29.0 Å². The van der Waals surface area contributed by atoms with Crippen molar-refractivity contribution in [3.8, 4) is 5.75 Å². The molecule has 7 nitrogen and oxygen atoms in total. The number of hydrogen-bond donors (Lipinski definition) is 1. The Kier molecular flexibility index (Phi) is 6.26. The Labute approximate surface area is 189 Å². The molecule has 2 aromatic heterocycles. The number of nitrogens with zero attached hydrogens (tertiary/aromatic N) is 2. The van der Waals surface area contributed by atoms with Gasteiger partial charge in [0.2, 0.25) is 5.91 Å². The molecule has 0 saturated heterocycles. The van der Waals surface area contributed by atoms with Gasteiger partial charge in [-0.2, -0.15) is 0 Å². The zero-order valence-electron chi connectivity index (χ0n) is 18.6. The monoisotopic (exact) mass is 449 g/mol. The molecule has 170 valence electrons. The molecule has 0 bridgehead atoms. The Morgan fingerprint density at radius 2 is 2.09 bits per heavy atom. The van der Waals surface area contributed by atoms with Gasteiger partial charge in [-0.3, -0.25) is 4.79 Å². The lowest BCUT2D eigenvalue weighted by atomic mass is 10.0. The lowest BCUT2D eigenvalue weighted by Gasteiger charge is -2.19. The second kappa shape index (κ2) is 9.28. The van der Waals surface area contributed by atoms with Gasteiger partial charge >= 0.3 is 5.63 Å². The van der Waals surface area contributed by atoms with Gasteiger partial charge in [-0.1, -0.05) is 12.1 Å². The molecule has 8 heteroatoms. The van der Waals surface area contributed by atoms with Gasteiger partial charge in [-0.25, -0.2) is 14.2 Å². The summed E-state index contributed by atoms with van der Waals surface area (Å²) in [6, 6.07) is 10.7. The van der Waals surface area contributed by atoms with Crippen LogP contribution >= 0.6 is 0 Å². The first-order valence-corrected chi connectivity index (χ1v) is 10.5. The summed E-state index contributed by atoms with van der Waals surface area (Å²) in [7, 11) is 3.35. The van der Waals surface area contributed by atoms with Crippen molar-refractivity contribution in [3.05, 3.63) is 93.6 Å². The van der Waals surface area contributed by atoms with Crippen molar-refractivity contribution in [3.63, 3.8) is 0 Å². The van der Waals surface area contributed by atoms with Gasteiger partial charge in [0, 0.05) is 42.9 Å². The van der Waals surface area contributed by atoms with Crippen LogP contribution in [-0.2, 0) is 18.3 Å². The molecule has 4 aromatic rings. The number of benzene rings is 2. The molecule has 0 aliphatic carbocycles. The molecule has 0 aliphatic heterocycles. The number of aromatic nitrogens is 2. The summed E-state index contributed by atoms with van der Waals surface area (Å²) in [6.45, 7) is 1.84. The Morgan fingerprint density at radius 3 is 2.79 bits per heavy atom. The van der Waals surface area contributed by atoms with Crippen LogP contribution in [0.15, 0.2) is 64.1 Å². The van der Waals surface area contributed by atoms with Crippen molar-refractivity contribution in [2.75, 3.05) is 7.11 Å². The maximum atomic E-state index is 13.8. The summed E-state index contributed by atoms with van der Waals surface area (Å²) >= 11 is 0. The van der Waals surface area contributed by atoms with E-state index in [0.29, 0.717) is 28.3 Å². The first kappa shape index (κ1) is 22.3. The average Bonchev–Trinajstić information content (AvgIpc) is 3.22. The van der Waals surface area contributed by atoms with Gasteiger partial charge in [-0.15, -0.1) is 0 Å². The van der Waals surface area contributed by atoms with Crippen LogP contribution in [-0.4, -0.2) is 22.6 Å². The van der Waals surface area contributed by atoms with Crippen LogP contribution in [0.5, 0.6) is 5.75 Å². The van der Waals surface area contributed by atoms with Crippen LogP contribution in [0.4, 0.5) is 4.39 Å². The van der Waals surface area contributed by atoms with E-state index in [-0.39, 0.29) is 18.7 Å². The number of hydrogen-bond acceptors (Lipinski definition) is 5. The fourth-order valence-electron chi connectivity index (χ4n) is 3.90. The van der Waals surface area contributed by atoms with E-state index in [9.17, 15) is 14.0 Å². The van der Waals surface area contributed by atoms with E-state index in [1.807, 2.05) is 13.0 Å². The van der Waals surface area contributed by atoms with Crippen molar-refractivity contribution in [2.45, 2.75) is 25.8 Å². The molecule has 0 spiro atoms. The molecule has 1 atom stereocenters. The predicted molar refractivity (Wildman–Crippen MR) is 122 cm³/mol. The highest BCUT2D eigenvalue weighted by Gasteiger charge is 2.22. The summed E-state index contributed by atoms with van der Waals surface area (Å²) in [4.78, 5) is 29.8. The van der Waals surface area contributed by atoms with Crippen molar-refractivity contribution in [2.24, 2.45) is 7.05 Å². The lowest BCUT2D eigenvalue weighted by molar-refractivity contribution is -0.121. The van der Waals surface area contributed by atoms with E-state index in [1.54, 1.807) is 55.4 Å². The number of aryl methyl sites for hydroxylation is 2. The molecule has 0 fully saturated rings. The lowest BCUT2D eigenvalue weighted by Crippen LogP contribution is -2.31. The van der Waals surface area contributed by atoms with E-state index in [4.69, 9.17) is 9.15 Å². The second-order valence-electron chi connectivity index (χ2n) is 7.81. The Balaban J connectivity index is 1.56. The molecule has 1 N–H and O–H groups in total. The summed E-state index contributed by atoms with van der Waals surface area (Å²) < 4.78 is 26.3. The maximum Gasteiger partial charge on any atom is 0.339 e. The number of methoxy groups -OCH3 is 1. The Bertz CT molecular complexity index is 1380. The number of carbonyl (C=O) groups is 1. The molecular weight excluding hydrogens is 425 g/mol. The fraction of sp³-hybridized carbons (Fsp3) is 0.240. The van der Waals surface area contributed by atoms with Crippen molar-refractivity contribution >= 4 is 16.9 Å². The maximum absolute atomic E-state index is 13.8. The molecule has 2 aromatic carbocycles. The fourth-order valence-corrected chi connectivity index (χ4v) is 3.90. The topological polar surface area (TPSA) is 86.4 Å². The van der Waals surface area contributed by atoms with Crippen molar-refractivity contribution in [1.29, 1.82) is 0 Å². The van der Waals surface area contributed by atoms with Crippen LogP contribution in [0.2, 0.25) is 0 Å². The molecule has 33 heavy (non-hydrogen) atoms. The predicted octanol–water partition coefficient (Wildman–Crippen LogP) is 3.82. The van der Waals surface area contributed by atoms with Crippen LogP contribution in [0.1, 0.15) is 35.0 Å². The summed E-state index contributed by atoms with van der Waals surface area (Å²) in [6.07, 6.45) is 3.64. The normalized spacial score (nSPS) is 12.0. The van der Waals surface area contributed by atoms with Gasteiger partial charge in [0.25, 0.3) is 0 Å². The molecule has 0 saturated carbocycles. The average molecular weight is 449 g/mol. The largest absolute Gasteiger partial charge is 0.497 e. The van der Waals surface area contributed by atoms with Gasteiger partial charge < -0.3 is 19.0 Å². The molecule has 0 aliphatic rings. The quantitative estimate of drug-likeness (QED) is 0.434. The zero-order chi connectivity index (χ0) is 23.5. The minimum absolute atomic E-state index is 0.0590. The van der Waals surface area contributed by atoms with Gasteiger partial charge in [0.15, 0.2) is 0 Å². The molecule has 4 rings (SSSR count). The highest BCUT2D eigenvalue weighted by atomic mass is 19.1. The van der Waals surface area contributed by atoms with E-state index >= 15 is 0 Å². The number of halogens is 1. The number of imidazole rings is 1. The number of fused-ring (bicyclic) bond motifs is 1. The minimum atomic E-state index is -0.630. The highest BCUT2D eigenvalue weighted by Crippen LogP contribution is 2.25.